The Morgan fingerprint density at radius 2 is 2.00 bits per heavy atom. The summed E-state index contributed by atoms with van der Waals surface area (Å²) in [6.07, 6.45) is 1.89. The lowest BCUT2D eigenvalue weighted by Crippen LogP contribution is -2.34. The molecule has 4 rings (SSSR count). The van der Waals surface area contributed by atoms with E-state index in [2.05, 4.69) is 24.5 Å². The molecule has 29 heavy (non-hydrogen) atoms. The minimum atomic E-state index is -1.13. The van der Waals surface area contributed by atoms with Crippen LogP contribution in [0.1, 0.15) is 30.0 Å². The second-order valence-corrected chi connectivity index (χ2v) is 7.49. The first-order valence-corrected chi connectivity index (χ1v) is 9.48. The molecule has 0 bridgehead atoms. The Labute approximate surface area is 169 Å². The maximum Gasteiger partial charge on any atom is 0.349 e. The summed E-state index contributed by atoms with van der Waals surface area (Å²) in [6.45, 7) is -1.13. The number of nitrogens with zero attached hydrogens (tertiary/aromatic N) is 3. The van der Waals surface area contributed by atoms with Gasteiger partial charge in [-0.3, -0.25) is 14.6 Å². The zero-order valence-corrected chi connectivity index (χ0v) is 16.6. The van der Waals surface area contributed by atoms with Crippen LogP contribution < -0.4 is 26.8 Å². The van der Waals surface area contributed by atoms with E-state index in [1.54, 1.807) is 6.07 Å². The van der Waals surface area contributed by atoms with Crippen LogP contribution in [0.3, 0.4) is 0 Å². The fraction of sp³-hybridized carbons (Fsp3) is 0.235. The Balaban J connectivity index is 1.72. The third-order valence-corrected chi connectivity index (χ3v) is 5.07. The van der Waals surface area contributed by atoms with E-state index in [0.29, 0.717) is 10.9 Å². The van der Waals surface area contributed by atoms with Gasteiger partial charge in [0.15, 0.2) is 11.4 Å². The van der Waals surface area contributed by atoms with Crippen LogP contribution in [0.25, 0.3) is 5.69 Å². The molecule has 9 nitrogen and oxygen atoms in total. The van der Waals surface area contributed by atoms with Crippen molar-refractivity contribution in [1.82, 2.24) is 25.0 Å². The summed E-state index contributed by atoms with van der Waals surface area (Å²) in [7, 11) is 2.40. The van der Waals surface area contributed by atoms with Crippen LogP contribution in [0.2, 0.25) is 5.02 Å². The number of halogens is 2. The molecule has 2 heterocycles. The van der Waals surface area contributed by atoms with Crippen molar-refractivity contribution >= 4 is 26.1 Å². The van der Waals surface area contributed by atoms with Crippen LogP contribution in [0.5, 0.6) is 11.6 Å². The predicted molar refractivity (Wildman–Crippen MR) is 107 cm³/mol. The van der Waals surface area contributed by atoms with Crippen molar-refractivity contribution < 1.29 is 9.13 Å². The minimum absolute atomic E-state index is 0.121. The minimum Gasteiger partial charge on any atom is -0.435 e. The second-order valence-electron chi connectivity index (χ2n) is 6.46. The highest BCUT2D eigenvalue weighted by atomic mass is 35.5. The Kier molecular flexibility index (Phi) is 5.06. The van der Waals surface area contributed by atoms with Gasteiger partial charge in [-0.15, -0.1) is 14.3 Å². The highest BCUT2D eigenvalue weighted by molar-refractivity contribution is 7.27. The first-order chi connectivity index (χ1) is 13.9. The average molecular weight is 438 g/mol. The molecule has 1 aliphatic carbocycles. The summed E-state index contributed by atoms with van der Waals surface area (Å²) in [5, 5.41) is 10.6. The first kappa shape index (κ1) is 19.5. The second kappa shape index (κ2) is 7.53. The Morgan fingerprint density at radius 3 is 2.66 bits per heavy atom. The van der Waals surface area contributed by atoms with Crippen LogP contribution in [0, 0.1) is 0 Å². The summed E-state index contributed by atoms with van der Waals surface area (Å²) in [5.74, 6) is 0.620. The normalized spacial score (nSPS) is 13.5. The largest absolute Gasteiger partial charge is 0.435 e. The van der Waals surface area contributed by atoms with Crippen LogP contribution in [0.4, 0.5) is 4.39 Å². The lowest BCUT2D eigenvalue weighted by atomic mass is 10.2. The zero-order chi connectivity index (χ0) is 20.7. The number of rotatable bonds is 5. The van der Waals surface area contributed by atoms with Gasteiger partial charge in [-0.25, -0.2) is 14.3 Å². The van der Waals surface area contributed by atoms with Gasteiger partial charge in [0.25, 0.3) is 11.1 Å². The monoisotopic (exact) mass is 437 g/mol. The van der Waals surface area contributed by atoms with Gasteiger partial charge >= 0.3 is 5.69 Å². The van der Waals surface area contributed by atoms with Gasteiger partial charge in [-0.1, -0.05) is 11.6 Å². The maximum atomic E-state index is 12.9. The third kappa shape index (κ3) is 3.86. The lowest BCUT2D eigenvalue weighted by Gasteiger charge is -2.13. The molecule has 1 saturated carbocycles. The molecule has 3 aromatic rings. The molecule has 1 atom stereocenters. The molecule has 1 unspecified atom stereocenters. The fourth-order valence-corrected chi connectivity index (χ4v) is 3.52. The molecule has 0 aliphatic heterocycles. The zero-order valence-electron chi connectivity index (χ0n) is 14.7. The predicted octanol–water partition coefficient (Wildman–Crippen LogP) is 1.30. The van der Waals surface area contributed by atoms with Crippen molar-refractivity contribution in [2.45, 2.75) is 25.4 Å². The number of hydrogen-bond acceptors (Lipinski definition) is 6. The smallest absolute Gasteiger partial charge is 0.349 e. The standard InChI is InChI=1S/C17H14ClFN5O4P/c18-10-3-8(24-17(27)20-16(26)11(6-19)23-24)4-12(29)14(10)28-13-5-9(7-1-2-7)15(25)22-21-13/h3-5,7H,1-2,6,29H2,(H,22,25)(H,20,26,27). The van der Waals surface area contributed by atoms with Crippen LogP contribution >= 0.6 is 20.8 Å². The summed E-state index contributed by atoms with van der Waals surface area (Å²) >= 11 is 6.31. The molecule has 1 fully saturated rings. The quantitative estimate of drug-likeness (QED) is 0.580. The molecule has 12 heteroatoms. The van der Waals surface area contributed by atoms with Gasteiger partial charge in [0.05, 0.1) is 10.7 Å². The highest BCUT2D eigenvalue weighted by Crippen LogP contribution is 2.39. The number of aromatic nitrogens is 5. The van der Waals surface area contributed by atoms with E-state index in [0.717, 1.165) is 17.5 Å². The summed E-state index contributed by atoms with van der Waals surface area (Å²) < 4.78 is 19.5. The van der Waals surface area contributed by atoms with E-state index in [1.165, 1.54) is 12.1 Å². The Bertz CT molecular complexity index is 1260. The van der Waals surface area contributed by atoms with Gasteiger partial charge in [-0.05, 0) is 30.9 Å². The van der Waals surface area contributed by atoms with E-state index in [9.17, 15) is 18.8 Å². The Morgan fingerprint density at radius 1 is 1.24 bits per heavy atom. The van der Waals surface area contributed by atoms with Crippen molar-refractivity contribution in [3.63, 3.8) is 0 Å². The van der Waals surface area contributed by atoms with Gasteiger partial charge in [-0.2, -0.15) is 9.78 Å². The average Bonchev–Trinajstić information content (AvgIpc) is 3.51. The van der Waals surface area contributed by atoms with Crippen molar-refractivity contribution in [2.75, 3.05) is 0 Å². The van der Waals surface area contributed by atoms with E-state index in [4.69, 9.17) is 16.3 Å². The lowest BCUT2D eigenvalue weighted by molar-refractivity contribution is 0.455. The molecule has 1 aromatic carbocycles. The number of alkyl halides is 1. The van der Waals surface area contributed by atoms with E-state index in [1.807, 2.05) is 4.98 Å². The van der Waals surface area contributed by atoms with Crippen molar-refractivity contribution in [2.24, 2.45) is 0 Å². The number of H-pyrrole nitrogens is 2. The summed E-state index contributed by atoms with van der Waals surface area (Å²) in [4.78, 5) is 37.4. The molecule has 2 aromatic heterocycles. The molecular formula is C17H14ClFN5O4P. The van der Waals surface area contributed by atoms with Gasteiger partial charge in [0, 0.05) is 16.9 Å². The number of aromatic amines is 2. The van der Waals surface area contributed by atoms with Crippen LogP contribution in [0.15, 0.2) is 32.6 Å². The fourth-order valence-electron chi connectivity index (χ4n) is 2.78. The van der Waals surface area contributed by atoms with Crippen molar-refractivity contribution in [1.29, 1.82) is 0 Å². The molecule has 0 amide bonds. The van der Waals surface area contributed by atoms with Crippen molar-refractivity contribution in [3.8, 4) is 17.3 Å². The molecule has 1 aliphatic rings. The van der Waals surface area contributed by atoms with Crippen LogP contribution in [-0.4, -0.2) is 25.0 Å². The van der Waals surface area contributed by atoms with Gasteiger partial charge in [0.1, 0.15) is 6.67 Å². The number of hydrogen-bond donors (Lipinski definition) is 2. The molecule has 150 valence electrons. The van der Waals surface area contributed by atoms with Gasteiger partial charge in [0.2, 0.25) is 5.88 Å². The molecule has 0 radical (unpaired) electrons. The highest BCUT2D eigenvalue weighted by Gasteiger charge is 2.27. The maximum absolute atomic E-state index is 12.9. The van der Waals surface area contributed by atoms with Crippen LogP contribution in [-0.2, 0) is 6.67 Å². The molecule has 0 spiro atoms. The Hall–Kier alpha value is -2.84. The molecule has 2 N–H and O–H groups in total. The number of ether oxygens (including phenoxy) is 1. The number of nitrogens with one attached hydrogen (secondary N) is 2. The number of benzene rings is 1. The molecule has 0 saturated heterocycles. The first-order valence-electron chi connectivity index (χ1n) is 8.52. The topological polar surface area (TPSA) is 123 Å². The summed E-state index contributed by atoms with van der Waals surface area (Å²) in [5.41, 5.74) is -1.60. The van der Waals surface area contributed by atoms with Crippen molar-refractivity contribution in [3.05, 3.63) is 65.7 Å². The van der Waals surface area contributed by atoms with E-state index < -0.39 is 23.6 Å². The SMILES string of the molecule is O=c1[nH]nc(Oc2c(P)cc(-n3nc(CF)c(=O)[nH]c3=O)cc2Cl)cc1C1CC1. The summed E-state index contributed by atoms with van der Waals surface area (Å²) in [6, 6.07) is 4.47. The van der Waals surface area contributed by atoms with Gasteiger partial charge < -0.3 is 4.74 Å². The molecular weight excluding hydrogens is 424 g/mol. The van der Waals surface area contributed by atoms with E-state index >= 15 is 0 Å². The third-order valence-electron chi connectivity index (χ3n) is 4.36. The van der Waals surface area contributed by atoms with E-state index in [-0.39, 0.29) is 33.8 Å².